The molecule has 0 radical (unpaired) electrons. The molecule has 4 aliphatic rings. The van der Waals surface area contributed by atoms with Crippen molar-refractivity contribution in [2.75, 3.05) is 52.6 Å². The van der Waals surface area contributed by atoms with Crippen LogP contribution < -0.4 is 9.47 Å². The minimum Gasteiger partial charge on any atom is -0.492 e. The molecule has 1 saturated heterocycles. The van der Waals surface area contributed by atoms with Gasteiger partial charge in [-0.3, -0.25) is 9.80 Å². The van der Waals surface area contributed by atoms with E-state index in [1.54, 1.807) is 11.0 Å². The van der Waals surface area contributed by atoms with Gasteiger partial charge in [0, 0.05) is 57.3 Å². The minimum absolute atomic E-state index is 0.123. The van der Waals surface area contributed by atoms with Crippen molar-refractivity contribution in [2.24, 2.45) is 22.9 Å². The SMILES string of the molecule is C=CCO[C@@]12Oc3ccc(OCCN4CC4)cc3[C@H]3[C@H](CCCCO)[C@@H](CCCCO)C=C(C(=NOC(C)(C)C)C[C@@H]1N(CCC)C(=O)OCc1ccccc1)[C@H]32. The van der Waals surface area contributed by atoms with Gasteiger partial charge in [-0.1, -0.05) is 67.4 Å². The topological polar surface area (TPSA) is 122 Å². The van der Waals surface area contributed by atoms with Crippen molar-refractivity contribution < 1.29 is 38.8 Å². The van der Waals surface area contributed by atoms with Gasteiger partial charge < -0.3 is 34.0 Å². The van der Waals surface area contributed by atoms with E-state index in [2.05, 4.69) is 30.5 Å². The van der Waals surface area contributed by atoms with E-state index in [0.29, 0.717) is 44.6 Å². The van der Waals surface area contributed by atoms with Crippen LogP contribution in [0.25, 0.3) is 0 Å². The van der Waals surface area contributed by atoms with Gasteiger partial charge in [-0.15, -0.1) is 6.58 Å². The van der Waals surface area contributed by atoms with Crippen LogP contribution in [0.5, 0.6) is 11.5 Å². The average Bonchev–Trinajstić information content (AvgIpc) is 4.03. The first-order valence-corrected chi connectivity index (χ1v) is 21.2. The maximum atomic E-state index is 14.5. The fourth-order valence-electron chi connectivity index (χ4n) is 8.93. The molecular weight excluding hydrogens is 723 g/mol. The number of aliphatic hydroxyl groups is 2. The van der Waals surface area contributed by atoms with Crippen LogP contribution in [-0.4, -0.2) is 102 Å². The Morgan fingerprint density at radius 3 is 2.51 bits per heavy atom. The third-order valence-corrected chi connectivity index (χ3v) is 11.6. The van der Waals surface area contributed by atoms with Gasteiger partial charge in [0.25, 0.3) is 0 Å². The molecule has 11 nitrogen and oxygen atoms in total. The predicted molar refractivity (Wildman–Crippen MR) is 221 cm³/mol. The van der Waals surface area contributed by atoms with Gasteiger partial charge >= 0.3 is 6.09 Å². The van der Waals surface area contributed by atoms with Crippen LogP contribution in [-0.2, 0) is 20.9 Å². The summed E-state index contributed by atoms with van der Waals surface area (Å²) in [6.45, 7) is 16.7. The molecule has 2 heterocycles. The molecular formula is C46H65N3O8. The van der Waals surface area contributed by atoms with Crippen LogP contribution in [0.4, 0.5) is 4.79 Å². The van der Waals surface area contributed by atoms with Crippen LogP contribution in [0.3, 0.4) is 0 Å². The van der Waals surface area contributed by atoms with Gasteiger partial charge in [0.1, 0.15) is 36.4 Å². The summed E-state index contributed by atoms with van der Waals surface area (Å²) in [5.41, 5.74) is 3.15. The lowest BCUT2D eigenvalue weighted by Gasteiger charge is -2.60. The summed E-state index contributed by atoms with van der Waals surface area (Å²) in [6.07, 6.45) is 9.51. The highest BCUT2D eigenvalue weighted by Crippen LogP contribution is 2.62. The Hall–Kier alpha value is -3.90. The number of amides is 1. The van der Waals surface area contributed by atoms with Gasteiger partial charge in [0.05, 0.1) is 18.2 Å². The van der Waals surface area contributed by atoms with Crippen LogP contribution >= 0.6 is 0 Å². The van der Waals surface area contributed by atoms with Crippen LogP contribution in [0.1, 0.15) is 96.1 Å². The second kappa shape index (κ2) is 19.7. The molecule has 312 valence electrons. The van der Waals surface area contributed by atoms with Crippen LogP contribution in [0, 0.1) is 17.8 Å². The van der Waals surface area contributed by atoms with Crippen molar-refractivity contribution in [2.45, 2.75) is 109 Å². The number of hydrogen-bond donors (Lipinski definition) is 2. The summed E-state index contributed by atoms with van der Waals surface area (Å²) in [5, 5.41) is 24.7. The normalized spacial score (nSPS) is 25.8. The molecule has 0 spiro atoms. The van der Waals surface area contributed by atoms with Gasteiger partial charge in [0.2, 0.25) is 5.79 Å². The number of unbranched alkanes of at least 4 members (excludes halogenated alkanes) is 2. The molecule has 2 N–H and O–H groups in total. The van der Waals surface area contributed by atoms with E-state index >= 15 is 0 Å². The van der Waals surface area contributed by atoms with E-state index in [-0.39, 0.29) is 44.2 Å². The van der Waals surface area contributed by atoms with E-state index in [9.17, 15) is 15.0 Å². The molecule has 11 heteroatoms. The summed E-state index contributed by atoms with van der Waals surface area (Å²) < 4.78 is 26.9. The number of hydrogen-bond acceptors (Lipinski definition) is 10. The molecule has 2 fully saturated rings. The zero-order valence-corrected chi connectivity index (χ0v) is 34.6. The molecule has 1 saturated carbocycles. The summed E-state index contributed by atoms with van der Waals surface area (Å²) in [6, 6.07) is 15.2. The molecule has 57 heavy (non-hydrogen) atoms. The number of aliphatic hydroxyl groups excluding tert-OH is 2. The third-order valence-electron chi connectivity index (χ3n) is 11.6. The number of oxime groups is 1. The Morgan fingerprint density at radius 2 is 1.82 bits per heavy atom. The quantitative estimate of drug-likeness (QED) is 0.0564. The van der Waals surface area contributed by atoms with Crippen LogP contribution in [0.15, 0.2) is 78.0 Å². The number of carbonyl (C=O) groups excluding carboxylic acids is 1. The second-order valence-electron chi connectivity index (χ2n) is 16.9. The molecule has 0 aromatic heterocycles. The number of allylic oxidation sites excluding steroid dienone is 1. The van der Waals surface area contributed by atoms with Crippen molar-refractivity contribution in [1.29, 1.82) is 0 Å². The molecule has 2 aliphatic heterocycles. The summed E-state index contributed by atoms with van der Waals surface area (Å²) in [7, 11) is 0. The van der Waals surface area contributed by atoms with E-state index < -0.39 is 29.4 Å². The molecule has 2 aromatic rings. The standard InChI is InChI=1S/C46H65N3O8/c1-6-21-49(44(52)54-32-33-15-9-8-10-16-33)41-31-39(47-57-45(3,4)5)37-29-34(17-11-13-25-50)36(18-12-14-26-51)42-38-30-35(53-28-24-48-22-23-48)19-20-40(38)56-46(41,43(37)42)55-27-7-2/h7-10,15-16,19-20,29-30,34,36,41-43,50-51H,2,6,11-14,17-18,21-28,31-32H2,1,3-5H3/t34-,36+,41-,42+,43+,46+/m0/s1. The Morgan fingerprint density at radius 1 is 1.07 bits per heavy atom. The lowest BCUT2D eigenvalue weighted by atomic mass is 9.55. The summed E-state index contributed by atoms with van der Waals surface area (Å²) in [5.74, 6) is -0.111. The number of fused-ring (bicyclic) bond motifs is 2. The maximum absolute atomic E-state index is 14.5. The average molecular weight is 788 g/mol. The highest BCUT2D eigenvalue weighted by molar-refractivity contribution is 6.03. The largest absolute Gasteiger partial charge is 0.492 e. The second-order valence-corrected chi connectivity index (χ2v) is 16.9. The van der Waals surface area contributed by atoms with Crippen LogP contribution in [0.2, 0.25) is 0 Å². The fourth-order valence-corrected chi connectivity index (χ4v) is 8.93. The molecule has 0 unspecified atom stereocenters. The summed E-state index contributed by atoms with van der Waals surface area (Å²) in [4.78, 5) is 24.8. The molecule has 2 aromatic carbocycles. The van der Waals surface area contributed by atoms with Crippen molar-refractivity contribution >= 4 is 11.8 Å². The first kappa shape index (κ1) is 42.7. The molecule has 6 rings (SSSR count). The first-order chi connectivity index (χ1) is 27.6. The van der Waals surface area contributed by atoms with E-state index in [4.69, 9.17) is 28.9 Å². The van der Waals surface area contributed by atoms with Crippen molar-refractivity contribution in [3.8, 4) is 11.5 Å². The Balaban J connectivity index is 1.53. The van der Waals surface area contributed by atoms with Crippen molar-refractivity contribution in [3.05, 3.63) is 84.0 Å². The van der Waals surface area contributed by atoms with Crippen molar-refractivity contribution in [1.82, 2.24) is 9.80 Å². The van der Waals surface area contributed by atoms with E-state index in [1.807, 2.05) is 63.2 Å². The van der Waals surface area contributed by atoms with Gasteiger partial charge in [0.15, 0.2) is 0 Å². The number of nitrogens with zero attached hydrogens (tertiary/aromatic N) is 3. The smallest absolute Gasteiger partial charge is 0.410 e. The highest BCUT2D eigenvalue weighted by atomic mass is 16.7. The molecule has 1 amide bonds. The van der Waals surface area contributed by atoms with E-state index in [0.717, 1.165) is 73.5 Å². The number of benzene rings is 2. The predicted octanol–water partition coefficient (Wildman–Crippen LogP) is 7.86. The third kappa shape index (κ3) is 10.4. The number of ether oxygens (including phenoxy) is 4. The van der Waals surface area contributed by atoms with Crippen molar-refractivity contribution in [3.63, 3.8) is 0 Å². The van der Waals surface area contributed by atoms with Gasteiger partial charge in [-0.25, -0.2) is 4.79 Å². The number of carbonyl (C=O) groups is 1. The van der Waals surface area contributed by atoms with Gasteiger partial charge in [-0.05, 0) is 94.0 Å². The fraction of sp³-hybridized carbons (Fsp3) is 0.609. The minimum atomic E-state index is -1.34. The molecule has 6 atom stereocenters. The maximum Gasteiger partial charge on any atom is 0.410 e. The summed E-state index contributed by atoms with van der Waals surface area (Å²) >= 11 is 0. The zero-order chi connectivity index (χ0) is 40.4. The highest BCUT2D eigenvalue weighted by Gasteiger charge is 2.65. The monoisotopic (exact) mass is 787 g/mol. The van der Waals surface area contributed by atoms with E-state index in [1.165, 1.54) is 0 Å². The zero-order valence-electron chi connectivity index (χ0n) is 34.6. The Bertz CT molecular complexity index is 1690. The lowest BCUT2D eigenvalue weighted by molar-refractivity contribution is -0.255. The molecule has 2 aliphatic carbocycles. The Kier molecular flexibility index (Phi) is 14.8. The number of rotatable bonds is 21. The van der Waals surface area contributed by atoms with Gasteiger partial charge in [-0.2, -0.15) is 0 Å². The first-order valence-electron chi connectivity index (χ1n) is 21.2. The lowest BCUT2D eigenvalue weighted by Crippen LogP contribution is -2.70. The molecule has 0 bridgehead atoms. The Labute approximate surface area is 339 Å².